The van der Waals surface area contributed by atoms with Crippen molar-refractivity contribution < 1.29 is 8.78 Å². The minimum atomic E-state index is -0.335. The lowest BCUT2D eigenvalue weighted by atomic mass is 10.1. The molecule has 0 aliphatic heterocycles. The molecule has 0 saturated carbocycles. The Hall–Kier alpha value is -4.39. The maximum Gasteiger partial charge on any atom is 0.132 e. The van der Waals surface area contributed by atoms with Crippen LogP contribution in [0.2, 0.25) is 0 Å². The summed E-state index contributed by atoms with van der Waals surface area (Å²) in [5, 5.41) is 7.84. The third-order valence-corrected chi connectivity index (χ3v) is 5.25. The van der Waals surface area contributed by atoms with Gasteiger partial charge in [-0.05, 0) is 60.7 Å². The van der Waals surface area contributed by atoms with Crippen LogP contribution in [0.25, 0.3) is 28.2 Å². The molecule has 5 rings (SSSR count). The van der Waals surface area contributed by atoms with Gasteiger partial charge in [0.05, 0.1) is 35.2 Å². The van der Waals surface area contributed by atoms with Gasteiger partial charge in [-0.1, -0.05) is 12.1 Å². The van der Waals surface area contributed by atoms with E-state index < -0.39 is 0 Å². The molecule has 162 valence electrons. The molecule has 3 heterocycles. The zero-order chi connectivity index (χ0) is 22.6. The zero-order valence-corrected chi connectivity index (χ0v) is 17.5. The molecule has 0 bridgehead atoms. The highest BCUT2D eigenvalue weighted by atomic mass is 19.1. The van der Waals surface area contributed by atoms with Crippen LogP contribution in [0.15, 0.2) is 97.6 Å². The second-order valence-corrected chi connectivity index (χ2v) is 7.41. The number of nitrogens with one attached hydrogen (secondary N) is 1. The number of anilines is 1. The molecule has 0 spiro atoms. The fourth-order valence-corrected chi connectivity index (χ4v) is 3.62. The summed E-state index contributed by atoms with van der Waals surface area (Å²) in [5.41, 5.74) is 4.96. The number of hydrogen-bond acceptors (Lipinski definition) is 4. The lowest BCUT2D eigenvalue weighted by Crippen LogP contribution is -2.05. The van der Waals surface area contributed by atoms with E-state index in [1.54, 1.807) is 59.8 Å². The predicted octanol–water partition coefficient (Wildman–Crippen LogP) is 5.89. The van der Waals surface area contributed by atoms with E-state index in [0.29, 0.717) is 29.2 Å². The van der Waals surface area contributed by atoms with Crippen LogP contribution in [0.3, 0.4) is 0 Å². The van der Waals surface area contributed by atoms with Crippen molar-refractivity contribution in [2.45, 2.75) is 6.54 Å². The normalized spacial score (nSPS) is 10.8. The van der Waals surface area contributed by atoms with Crippen LogP contribution < -0.4 is 5.32 Å². The van der Waals surface area contributed by atoms with Crippen molar-refractivity contribution in [3.8, 4) is 28.2 Å². The molecule has 0 aliphatic carbocycles. The van der Waals surface area contributed by atoms with Gasteiger partial charge in [0.15, 0.2) is 0 Å². The highest BCUT2D eigenvalue weighted by Crippen LogP contribution is 2.30. The standard InChI is InChI=1S/C26H19F2N5/c27-20-9-7-18(8-10-20)25-12-11-22(17-31-25)33-26(23-5-1-2-6-24(23)28)19(15-32-33)14-30-21-4-3-13-29-16-21/h1-13,15-17,30H,14H2. The summed E-state index contributed by atoms with van der Waals surface area (Å²) in [6.45, 7) is 0.441. The molecule has 0 aliphatic rings. The molecule has 1 N–H and O–H groups in total. The first-order valence-electron chi connectivity index (χ1n) is 10.4. The van der Waals surface area contributed by atoms with Gasteiger partial charge >= 0.3 is 0 Å². The predicted molar refractivity (Wildman–Crippen MR) is 124 cm³/mol. The van der Waals surface area contributed by atoms with Crippen LogP contribution in [0, 0.1) is 11.6 Å². The Bertz CT molecular complexity index is 1360. The van der Waals surface area contributed by atoms with Crippen molar-refractivity contribution in [1.29, 1.82) is 0 Å². The van der Waals surface area contributed by atoms with E-state index in [1.165, 1.54) is 18.2 Å². The molecule has 2 aromatic carbocycles. The first kappa shape index (κ1) is 20.5. The summed E-state index contributed by atoms with van der Waals surface area (Å²) in [5.74, 6) is -0.633. The Morgan fingerprint density at radius 2 is 1.67 bits per heavy atom. The first-order chi connectivity index (χ1) is 16.2. The molecule has 5 nitrogen and oxygen atoms in total. The van der Waals surface area contributed by atoms with Crippen LogP contribution in [-0.2, 0) is 6.54 Å². The molecule has 0 fully saturated rings. The summed E-state index contributed by atoms with van der Waals surface area (Å²) >= 11 is 0. The number of aromatic nitrogens is 4. The second kappa shape index (κ2) is 9.00. The molecule has 0 radical (unpaired) electrons. The summed E-state index contributed by atoms with van der Waals surface area (Å²) in [6, 6.07) is 20.2. The summed E-state index contributed by atoms with van der Waals surface area (Å²) in [7, 11) is 0. The number of nitrogens with zero attached hydrogens (tertiary/aromatic N) is 4. The van der Waals surface area contributed by atoms with E-state index in [2.05, 4.69) is 20.4 Å². The first-order valence-corrected chi connectivity index (χ1v) is 10.4. The summed E-state index contributed by atoms with van der Waals surface area (Å²) < 4.78 is 29.7. The average molecular weight is 439 g/mol. The lowest BCUT2D eigenvalue weighted by molar-refractivity contribution is 0.628. The zero-order valence-electron chi connectivity index (χ0n) is 17.5. The Morgan fingerprint density at radius 1 is 0.818 bits per heavy atom. The van der Waals surface area contributed by atoms with Gasteiger partial charge in [0.25, 0.3) is 0 Å². The van der Waals surface area contributed by atoms with E-state index in [9.17, 15) is 8.78 Å². The number of halogens is 2. The van der Waals surface area contributed by atoms with Crippen LogP contribution in [-0.4, -0.2) is 19.7 Å². The molecule has 3 aromatic heterocycles. The van der Waals surface area contributed by atoms with E-state index >= 15 is 0 Å². The van der Waals surface area contributed by atoms with Gasteiger partial charge in [-0.3, -0.25) is 9.97 Å². The maximum atomic E-state index is 14.8. The molecular formula is C26H19F2N5. The van der Waals surface area contributed by atoms with E-state index in [0.717, 1.165) is 16.8 Å². The smallest absolute Gasteiger partial charge is 0.132 e. The van der Waals surface area contributed by atoms with Gasteiger partial charge in [0.2, 0.25) is 0 Å². The third kappa shape index (κ3) is 4.34. The minimum Gasteiger partial charge on any atom is -0.380 e. The van der Waals surface area contributed by atoms with Crippen molar-refractivity contribution in [2.75, 3.05) is 5.32 Å². The number of rotatable bonds is 6. The van der Waals surface area contributed by atoms with Crippen molar-refractivity contribution in [3.63, 3.8) is 0 Å². The molecule has 7 heteroatoms. The maximum absolute atomic E-state index is 14.8. The van der Waals surface area contributed by atoms with Gasteiger partial charge in [0, 0.05) is 35.6 Å². The SMILES string of the molecule is Fc1ccc(-c2ccc(-n3ncc(CNc4cccnc4)c3-c3ccccc3F)cn2)cc1. The van der Waals surface area contributed by atoms with Crippen molar-refractivity contribution in [2.24, 2.45) is 0 Å². The van der Waals surface area contributed by atoms with Crippen LogP contribution in [0.4, 0.5) is 14.5 Å². The topological polar surface area (TPSA) is 55.6 Å². The van der Waals surface area contributed by atoms with Gasteiger partial charge in [-0.15, -0.1) is 0 Å². The Morgan fingerprint density at radius 3 is 2.39 bits per heavy atom. The number of benzene rings is 2. The number of pyridine rings is 2. The molecular weight excluding hydrogens is 420 g/mol. The lowest BCUT2D eigenvalue weighted by Gasteiger charge is -2.12. The van der Waals surface area contributed by atoms with E-state index in [4.69, 9.17) is 0 Å². The minimum absolute atomic E-state index is 0.297. The third-order valence-electron chi connectivity index (χ3n) is 5.25. The fraction of sp³-hybridized carbons (Fsp3) is 0.0385. The molecule has 33 heavy (non-hydrogen) atoms. The fourth-order valence-electron chi connectivity index (χ4n) is 3.62. The van der Waals surface area contributed by atoms with Gasteiger partial charge in [0.1, 0.15) is 11.6 Å². The van der Waals surface area contributed by atoms with Crippen LogP contribution in [0.5, 0.6) is 0 Å². The molecule has 5 aromatic rings. The highest BCUT2D eigenvalue weighted by molar-refractivity contribution is 5.67. The average Bonchev–Trinajstić information content (AvgIpc) is 3.28. The Labute approximate surface area is 189 Å². The van der Waals surface area contributed by atoms with E-state index in [1.807, 2.05) is 24.3 Å². The molecule has 0 amide bonds. The van der Waals surface area contributed by atoms with Crippen molar-refractivity contribution >= 4 is 5.69 Å². The number of hydrogen-bond donors (Lipinski definition) is 1. The van der Waals surface area contributed by atoms with Crippen LogP contribution in [0.1, 0.15) is 5.56 Å². The quantitative estimate of drug-likeness (QED) is 0.359. The van der Waals surface area contributed by atoms with E-state index in [-0.39, 0.29) is 11.6 Å². The highest BCUT2D eigenvalue weighted by Gasteiger charge is 2.18. The summed E-state index contributed by atoms with van der Waals surface area (Å²) in [6.07, 6.45) is 6.83. The van der Waals surface area contributed by atoms with Gasteiger partial charge in [-0.2, -0.15) is 5.10 Å². The molecule has 0 saturated heterocycles. The van der Waals surface area contributed by atoms with Crippen molar-refractivity contribution in [1.82, 2.24) is 19.7 Å². The largest absolute Gasteiger partial charge is 0.380 e. The van der Waals surface area contributed by atoms with Gasteiger partial charge < -0.3 is 5.32 Å². The second-order valence-electron chi connectivity index (χ2n) is 7.41. The Balaban J connectivity index is 1.52. The molecule has 0 unspecified atom stereocenters. The monoisotopic (exact) mass is 439 g/mol. The summed E-state index contributed by atoms with van der Waals surface area (Å²) in [4.78, 5) is 8.62. The van der Waals surface area contributed by atoms with Crippen molar-refractivity contribution in [3.05, 3.63) is 115 Å². The Kier molecular flexibility index (Phi) is 5.59. The van der Waals surface area contributed by atoms with Crippen LogP contribution >= 0.6 is 0 Å². The van der Waals surface area contributed by atoms with Gasteiger partial charge in [-0.25, -0.2) is 13.5 Å². The molecule has 0 atom stereocenters.